The van der Waals surface area contributed by atoms with Crippen molar-refractivity contribution in [3.8, 4) is 0 Å². The van der Waals surface area contributed by atoms with Crippen LogP contribution in [0, 0.1) is 6.92 Å². The summed E-state index contributed by atoms with van der Waals surface area (Å²) in [7, 11) is -3.63. The van der Waals surface area contributed by atoms with Gasteiger partial charge in [-0.2, -0.15) is 4.31 Å². The first-order valence-electron chi connectivity index (χ1n) is 7.98. The van der Waals surface area contributed by atoms with Crippen LogP contribution in [0.5, 0.6) is 0 Å². The number of likely N-dealkylation sites (tertiary alicyclic amines) is 1. The second-order valence-corrected chi connectivity index (χ2v) is 8.27. The Labute approximate surface area is 136 Å². The largest absolute Gasteiger partial charge is 0.478 e. The molecule has 23 heavy (non-hydrogen) atoms. The number of hydrogen-bond acceptors (Lipinski definition) is 4. The zero-order valence-electron chi connectivity index (χ0n) is 13.2. The summed E-state index contributed by atoms with van der Waals surface area (Å²) >= 11 is 0. The van der Waals surface area contributed by atoms with Crippen molar-refractivity contribution < 1.29 is 18.3 Å². The van der Waals surface area contributed by atoms with Gasteiger partial charge in [-0.05, 0) is 57.0 Å². The highest BCUT2D eigenvalue weighted by molar-refractivity contribution is 7.89. The van der Waals surface area contributed by atoms with Gasteiger partial charge in [0.1, 0.15) is 0 Å². The average molecular weight is 338 g/mol. The molecule has 0 aromatic heterocycles. The van der Waals surface area contributed by atoms with Crippen molar-refractivity contribution in [2.24, 2.45) is 0 Å². The lowest BCUT2D eigenvalue weighted by Gasteiger charge is -2.23. The Morgan fingerprint density at radius 2 is 1.91 bits per heavy atom. The van der Waals surface area contributed by atoms with Crippen LogP contribution in [0.3, 0.4) is 0 Å². The minimum Gasteiger partial charge on any atom is -0.478 e. The molecule has 0 amide bonds. The summed E-state index contributed by atoms with van der Waals surface area (Å²) in [5.41, 5.74) is 0.606. The number of carboxylic acids is 1. The topological polar surface area (TPSA) is 77.9 Å². The van der Waals surface area contributed by atoms with E-state index in [1.807, 2.05) is 0 Å². The molecule has 0 unspecified atom stereocenters. The Morgan fingerprint density at radius 1 is 1.22 bits per heavy atom. The van der Waals surface area contributed by atoms with Crippen LogP contribution in [0.4, 0.5) is 0 Å². The van der Waals surface area contributed by atoms with E-state index in [1.165, 1.54) is 29.3 Å². The maximum atomic E-state index is 12.8. The smallest absolute Gasteiger partial charge is 0.335 e. The van der Waals surface area contributed by atoms with Crippen LogP contribution < -0.4 is 0 Å². The van der Waals surface area contributed by atoms with Gasteiger partial charge >= 0.3 is 5.97 Å². The molecule has 2 fully saturated rings. The van der Waals surface area contributed by atoms with E-state index in [2.05, 4.69) is 4.90 Å². The highest BCUT2D eigenvalue weighted by Gasteiger charge is 2.36. The van der Waals surface area contributed by atoms with Crippen molar-refractivity contribution in [1.29, 1.82) is 0 Å². The summed E-state index contributed by atoms with van der Waals surface area (Å²) in [5, 5.41) is 9.19. The van der Waals surface area contributed by atoms with Crippen LogP contribution in [0.25, 0.3) is 0 Å². The van der Waals surface area contributed by atoms with Crippen molar-refractivity contribution in [1.82, 2.24) is 9.21 Å². The molecule has 0 bridgehead atoms. The van der Waals surface area contributed by atoms with Gasteiger partial charge in [0.05, 0.1) is 10.5 Å². The van der Waals surface area contributed by atoms with Gasteiger partial charge in [-0.25, -0.2) is 13.2 Å². The second kappa shape index (κ2) is 6.22. The van der Waals surface area contributed by atoms with Crippen LogP contribution in [0.2, 0.25) is 0 Å². The molecule has 2 aliphatic heterocycles. The Balaban J connectivity index is 1.82. The van der Waals surface area contributed by atoms with Crippen molar-refractivity contribution in [2.75, 3.05) is 26.2 Å². The summed E-state index contributed by atoms with van der Waals surface area (Å²) in [4.78, 5) is 13.7. The molecule has 0 saturated carbocycles. The Morgan fingerprint density at radius 3 is 2.57 bits per heavy atom. The van der Waals surface area contributed by atoms with Crippen molar-refractivity contribution in [3.63, 3.8) is 0 Å². The van der Waals surface area contributed by atoms with E-state index in [0.29, 0.717) is 18.7 Å². The van der Waals surface area contributed by atoms with Gasteiger partial charge in [0.25, 0.3) is 0 Å². The molecule has 1 N–H and O–H groups in total. The van der Waals surface area contributed by atoms with Crippen molar-refractivity contribution >= 4 is 16.0 Å². The third-order valence-electron chi connectivity index (χ3n) is 4.86. The highest BCUT2D eigenvalue weighted by atomic mass is 32.2. The third-order valence-corrected chi connectivity index (χ3v) is 6.72. The van der Waals surface area contributed by atoms with Crippen molar-refractivity contribution in [3.05, 3.63) is 29.3 Å². The van der Waals surface area contributed by atoms with E-state index in [9.17, 15) is 18.3 Å². The Hall–Kier alpha value is -1.44. The van der Waals surface area contributed by atoms with Gasteiger partial charge in [-0.3, -0.25) is 4.90 Å². The molecule has 2 saturated heterocycles. The molecular formula is C16H22N2O4S. The fourth-order valence-electron chi connectivity index (χ4n) is 3.47. The van der Waals surface area contributed by atoms with Gasteiger partial charge in [-0.15, -0.1) is 0 Å². The zero-order chi connectivity index (χ0) is 16.6. The maximum absolute atomic E-state index is 12.8. The molecule has 6 nitrogen and oxygen atoms in total. The molecule has 2 aliphatic rings. The molecule has 1 aromatic carbocycles. The maximum Gasteiger partial charge on any atom is 0.335 e. The number of aromatic carboxylic acids is 1. The second-order valence-electron chi connectivity index (χ2n) is 6.33. The number of aryl methyl sites for hydroxylation is 1. The standard InChI is InChI=1S/C16H22N2O4S/c1-12-4-5-14(10-15(12)16(19)20)23(21,22)18-9-6-13(11-18)17-7-2-3-8-17/h4-5,10,13H,2-3,6-9,11H2,1H3,(H,19,20)/t13-/m0/s1. The number of carboxylic acid groups (broad SMARTS) is 1. The molecule has 0 aliphatic carbocycles. The molecule has 0 radical (unpaired) electrons. The molecule has 1 atom stereocenters. The van der Waals surface area contributed by atoms with Crippen LogP contribution in [-0.4, -0.2) is 60.9 Å². The summed E-state index contributed by atoms with van der Waals surface area (Å²) in [6.45, 7) is 4.76. The van der Waals surface area contributed by atoms with Gasteiger partial charge in [-0.1, -0.05) is 6.07 Å². The fourth-order valence-corrected chi connectivity index (χ4v) is 4.99. The van der Waals surface area contributed by atoms with E-state index in [1.54, 1.807) is 13.0 Å². The van der Waals surface area contributed by atoms with E-state index in [0.717, 1.165) is 19.5 Å². The predicted octanol–water partition coefficient (Wildman–Crippen LogP) is 1.55. The predicted molar refractivity (Wildman–Crippen MR) is 86.1 cm³/mol. The lowest BCUT2D eigenvalue weighted by molar-refractivity contribution is 0.0696. The van der Waals surface area contributed by atoms with Gasteiger partial charge in [0.15, 0.2) is 0 Å². The van der Waals surface area contributed by atoms with Gasteiger partial charge in [0.2, 0.25) is 10.0 Å². The summed E-state index contributed by atoms with van der Waals surface area (Å²) in [6.07, 6.45) is 3.21. The molecule has 3 rings (SSSR count). The number of carbonyl (C=O) groups is 1. The van der Waals surface area contributed by atoms with E-state index >= 15 is 0 Å². The Kier molecular flexibility index (Phi) is 4.44. The Bertz CT molecular complexity index is 711. The highest BCUT2D eigenvalue weighted by Crippen LogP contribution is 2.26. The summed E-state index contributed by atoms with van der Waals surface area (Å²) in [5.74, 6) is -1.10. The average Bonchev–Trinajstić information content (AvgIpc) is 3.18. The number of hydrogen-bond donors (Lipinski definition) is 1. The lowest BCUT2D eigenvalue weighted by Crippen LogP contribution is -2.37. The molecule has 2 heterocycles. The SMILES string of the molecule is Cc1ccc(S(=O)(=O)N2CC[C@H](N3CCCC3)C2)cc1C(=O)O. The van der Waals surface area contributed by atoms with Crippen molar-refractivity contribution in [2.45, 2.75) is 37.1 Å². The molecular weight excluding hydrogens is 316 g/mol. The summed E-state index contributed by atoms with van der Waals surface area (Å²) in [6, 6.07) is 4.62. The minimum absolute atomic E-state index is 0.0429. The number of benzene rings is 1. The lowest BCUT2D eigenvalue weighted by atomic mass is 10.1. The summed E-state index contributed by atoms with van der Waals surface area (Å²) < 4.78 is 27.1. The fraction of sp³-hybridized carbons (Fsp3) is 0.562. The van der Waals surface area contributed by atoms with E-state index < -0.39 is 16.0 Å². The first kappa shape index (κ1) is 16.4. The van der Waals surface area contributed by atoms with Gasteiger partial charge in [0, 0.05) is 19.1 Å². The minimum atomic E-state index is -3.63. The zero-order valence-corrected chi connectivity index (χ0v) is 14.1. The molecule has 0 spiro atoms. The molecule has 1 aromatic rings. The monoisotopic (exact) mass is 338 g/mol. The molecule has 7 heteroatoms. The van der Waals surface area contributed by atoms with Crippen LogP contribution in [0.1, 0.15) is 35.2 Å². The number of nitrogens with zero attached hydrogens (tertiary/aromatic N) is 2. The van der Waals surface area contributed by atoms with Crippen LogP contribution in [-0.2, 0) is 10.0 Å². The van der Waals surface area contributed by atoms with E-state index in [4.69, 9.17) is 0 Å². The van der Waals surface area contributed by atoms with Gasteiger partial charge < -0.3 is 5.11 Å². The first-order chi connectivity index (χ1) is 10.9. The van der Waals surface area contributed by atoms with E-state index in [-0.39, 0.29) is 16.5 Å². The normalized spacial score (nSPS) is 23.4. The third kappa shape index (κ3) is 3.13. The van der Waals surface area contributed by atoms with Crippen LogP contribution >= 0.6 is 0 Å². The first-order valence-corrected chi connectivity index (χ1v) is 9.42. The number of rotatable bonds is 4. The molecule has 126 valence electrons. The quantitative estimate of drug-likeness (QED) is 0.901. The number of sulfonamides is 1. The van der Waals surface area contributed by atoms with Crippen LogP contribution in [0.15, 0.2) is 23.1 Å².